The Balaban J connectivity index is 1.57. The highest BCUT2D eigenvalue weighted by Crippen LogP contribution is 2.22. The molecule has 0 fully saturated rings. The van der Waals surface area contributed by atoms with Gasteiger partial charge in [-0.3, -0.25) is 0 Å². The van der Waals surface area contributed by atoms with Crippen LogP contribution in [0.25, 0.3) is 11.1 Å². The summed E-state index contributed by atoms with van der Waals surface area (Å²) in [6.45, 7) is 2.87. The van der Waals surface area contributed by atoms with Gasteiger partial charge in [-0.05, 0) is 41.8 Å². The van der Waals surface area contributed by atoms with E-state index in [2.05, 4.69) is 6.92 Å². The predicted octanol–water partition coefficient (Wildman–Crippen LogP) is 6.53. The number of esters is 1. The van der Waals surface area contributed by atoms with Crippen LogP contribution in [0.2, 0.25) is 0 Å². The Morgan fingerprint density at radius 1 is 0.750 bits per heavy atom. The summed E-state index contributed by atoms with van der Waals surface area (Å²) in [6, 6.07) is 24.7. The average molecular weight is 374 g/mol. The Labute approximate surface area is 166 Å². The van der Waals surface area contributed by atoms with Crippen LogP contribution in [0.3, 0.4) is 0 Å². The zero-order valence-electron chi connectivity index (χ0n) is 16.3. The number of unbranched alkanes of at least 4 members (excludes halogenated alkanes) is 3. The Bertz CT molecular complexity index is 870. The molecule has 3 heteroatoms. The minimum Gasteiger partial charge on any atom is -0.493 e. The van der Waals surface area contributed by atoms with Crippen LogP contribution in [0.1, 0.15) is 43.0 Å². The third-order valence-electron chi connectivity index (χ3n) is 4.51. The summed E-state index contributed by atoms with van der Waals surface area (Å²) in [7, 11) is 0. The van der Waals surface area contributed by atoms with E-state index in [1.807, 2.05) is 54.6 Å². The van der Waals surface area contributed by atoms with E-state index in [-0.39, 0.29) is 5.97 Å². The third-order valence-corrected chi connectivity index (χ3v) is 4.51. The van der Waals surface area contributed by atoms with Crippen molar-refractivity contribution < 1.29 is 14.3 Å². The highest BCUT2D eigenvalue weighted by molar-refractivity contribution is 5.91. The smallest absolute Gasteiger partial charge is 0.343 e. The number of hydrogen-bond donors (Lipinski definition) is 0. The molecule has 0 saturated carbocycles. The molecule has 0 heterocycles. The van der Waals surface area contributed by atoms with Gasteiger partial charge in [0.2, 0.25) is 0 Å². The molecule has 0 aliphatic carbocycles. The molecule has 0 aliphatic rings. The summed E-state index contributed by atoms with van der Waals surface area (Å²) >= 11 is 0. The molecule has 0 aliphatic heterocycles. The van der Waals surface area contributed by atoms with Crippen LogP contribution in [0.5, 0.6) is 11.5 Å². The Morgan fingerprint density at radius 3 is 2.21 bits per heavy atom. The average Bonchev–Trinajstić information content (AvgIpc) is 2.75. The molecule has 3 rings (SSSR count). The summed E-state index contributed by atoms with van der Waals surface area (Å²) < 4.78 is 11.3. The molecule has 0 radical (unpaired) electrons. The largest absolute Gasteiger partial charge is 0.493 e. The maximum atomic E-state index is 12.4. The highest BCUT2D eigenvalue weighted by Gasteiger charge is 2.09. The lowest BCUT2D eigenvalue weighted by Gasteiger charge is -2.09. The van der Waals surface area contributed by atoms with Gasteiger partial charge in [-0.2, -0.15) is 0 Å². The first-order chi connectivity index (χ1) is 13.8. The summed E-state index contributed by atoms with van der Waals surface area (Å²) in [5, 5.41) is 0. The van der Waals surface area contributed by atoms with E-state index < -0.39 is 0 Å². The van der Waals surface area contributed by atoms with Crippen molar-refractivity contribution in [3.63, 3.8) is 0 Å². The van der Waals surface area contributed by atoms with Crippen LogP contribution >= 0.6 is 0 Å². The van der Waals surface area contributed by atoms with Crippen LogP contribution in [0.15, 0.2) is 78.9 Å². The van der Waals surface area contributed by atoms with Crippen molar-refractivity contribution >= 4 is 5.97 Å². The van der Waals surface area contributed by atoms with Crippen molar-refractivity contribution in [1.82, 2.24) is 0 Å². The minimum atomic E-state index is -0.375. The number of rotatable bonds is 9. The highest BCUT2D eigenvalue weighted by atomic mass is 16.5. The third kappa shape index (κ3) is 5.71. The lowest BCUT2D eigenvalue weighted by atomic mass is 10.0. The Morgan fingerprint density at radius 2 is 1.46 bits per heavy atom. The van der Waals surface area contributed by atoms with Crippen molar-refractivity contribution in [3.05, 3.63) is 84.4 Å². The fourth-order valence-corrected chi connectivity index (χ4v) is 2.94. The second kappa shape index (κ2) is 10.3. The van der Waals surface area contributed by atoms with Crippen LogP contribution in [0.4, 0.5) is 0 Å². The number of ether oxygens (including phenoxy) is 2. The number of hydrogen-bond acceptors (Lipinski definition) is 3. The summed E-state index contributed by atoms with van der Waals surface area (Å²) in [5.74, 6) is 0.837. The van der Waals surface area contributed by atoms with Gasteiger partial charge in [-0.1, -0.05) is 74.7 Å². The van der Waals surface area contributed by atoms with E-state index >= 15 is 0 Å². The summed E-state index contributed by atoms with van der Waals surface area (Å²) in [6.07, 6.45) is 4.64. The molecule has 0 N–H and O–H groups in total. The zero-order valence-corrected chi connectivity index (χ0v) is 16.3. The van der Waals surface area contributed by atoms with Gasteiger partial charge in [0, 0.05) is 6.07 Å². The van der Waals surface area contributed by atoms with Gasteiger partial charge >= 0.3 is 5.97 Å². The maximum Gasteiger partial charge on any atom is 0.343 e. The van der Waals surface area contributed by atoms with Gasteiger partial charge in [0.1, 0.15) is 11.5 Å². The molecular formula is C25H26O3. The van der Waals surface area contributed by atoms with Gasteiger partial charge < -0.3 is 9.47 Å². The summed E-state index contributed by atoms with van der Waals surface area (Å²) in [5.41, 5.74) is 2.70. The quantitative estimate of drug-likeness (QED) is 0.243. The fourth-order valence-electron chi connectivity index (χ4n) is 2.94. The number of benzene rings is 3. The minimum absolute atomic E-state index is 0.375. The first-order valence-corrected chi connectivity index (χ1v) is 9.87. The number of carbonyl (C=O) groups excluding carboxylic acids is 1. The van der Waals surface area contributed by atoms with Gasteiger partial charge in [-0.25, -0.2) is 4.79 Å². The second-order valence-corrected chi connectivity index (χ2v) is 6.72. The Hall–Kier alpha value is -3.07. The van der Waals surface area contributed by atoms with Crippen molar-refractivity contribution in [1.29, 1.82) is 0 Å². The molecule has 0 spiro atoms. The van der Waals surface area contributed by atoms with E-state index in [1.54, 1.807) is 24.3 Å². The Kier molecular flexibility index (Phi) is 7.25. The van der Waals surface area contributed by atoms with Crippen LogP contribution in [0, 0.1) is 0 Å². The molecule has 28 heavy (non-hydrogen) atoms. The molecule has 0 atom stereocenters. The van der Waals surface area contributed by atoms with Gasteiger partial charge in [0.15, 0.2) is 0 Å². The standard InChI is InChI=1S/C25H26O3/c1-2-3-4-8-18-27-23-12-9-13-24(19-23)28-25(26)22-16-14-21(15-17-22)20-10-6-5-7-11-20/h5-7,9-17,19H,2-4,8,18H2,1H3. The molecule has 0 unspecified atom stereocenters. The molecule has 0 aromatic heterocycles. The van der Waals surface area contributed by atoms with Crippen molar-refractivity contribution in [2.24, 2.45) is 0 Å². The lowest BCUT2D eigenvalue weighted by molar-refractivity contribution is 0.0734. The molecule has 144 valence electrons. The first kappa shape index (κ1) is 19.7. The molecule has 3 aromatic carbocycles. The van der Waals surface area contributed by atoms with E-state index in [1.165, 1.54) is 19.3 Å². The van der Waals surface area contributed by atoms with E-state index in [0.29, 0.717) is 17.9 Å². The van der Waals surface area contributed by atoms with Gasteiger partial charge in [0.05, 0.1) is 12.2 Å². The van der Waals surface area contributed by atoms with Crippen LogP contribution in [-0.4, -0.2) is 12.6 Å². The lowest BCUT2D eigenvalue weighted by Crippen LogP contribution is -2.08. The predicted molar refractivity (Wildman–Crippen MR) is 113 cm³/mol. The van der Waals surface area contributed by atoms with E-state index in [9.17, 15) is 4.79 Å². The van der Waals surface area contributed by atoms with Crippen LogP contribution < -0.4 is 9.47 Å². The zero-order chi connectivity index (χ0) is 19.6. The fraction of sp³-hybridized carbons (Fsp3) is 0.240. The normalized spacial score (nSPS) is 10.5. The van der Waals surface area contributed by atoms with Crippen molar-refractivity contribution in [2.45, 2.75) is 32.6 Å². The number of carbonyl (C=O) groups is 1. The molecular weight excluding hydrogens is 348 g/mol. The monoisotopic (exact) mass is 374 g/mol. The molecule has 3 aromatic rings. The van der Waals surface area contributed by atoms with E-state index in [0.717, 1.165) is 23.3 Å². The maximum absolute atomic E-state index is 12.4. The van der Waals surface area contributed by atoms with Crippen molar-refractivity contribution in [3.8, 4) is 22.6 Å². The van der Waals surface area contributed by atoms with Crippen LogP contribution in [-0.2, 0) is 0 Å². The molecule has 0 bridgehead atoms. The molecule has 0 saturated heterocycles. The topological polar surface area (TPSA) is 35.5 Å². The summed E-state index contributed by atoms with van der Waals surface area (Å²) in [4.78, 5) is 12.4. The first-order valence-electron chi connectivity index (χ1n) is 9.87. The van der Waals surface area contributed by atoms with E-state index in [4.69, 9.17) is 9.47 Å². The van der Waals surface area contributed by atoms with Crippen molar-refractivity contribution in [2.75, 3.05) is 6.61 Å². The molecule has 3 nitrogen and oxygen atoms in total. The molecule has 0 amide bonds. The second-order valence-electron chi connectivity index (χ2n) is 6.72. The van der Waals surface area contributed by atoms with Gasteiger partial charge in [-0.15, -0.1) is 0 Å². The van der Waals surface area contributed by atoms with Gasteiger partial charge in [0.25, 0.3) is 0 Å². The SMILES string of the molecule is CCCCCCOc1cccc(OC(=O)c2ccc(-c3ccccc3)cc2)c1.